The third-order valence-electron chi connectivity index (χ3n) is 5.86. The number of nitrogens with one attached hydrogen (secondary N) is 1. The van der Waals surface area contributed by atoms with Gasteiger partial charge >= 0.3 is 0 Å². The number of likely N-dealkylation sites (tertiary alicyclic amines) is 1. The molecule has 1 saturated heterocycles. The van der Waals surface area contributed by atoms with Crippen LogP contribution in [0, 0.1) is 6.92 Å². The minimum Gasteiger partial charge on any atom is -0.341 e. The number of hydrogen-bond acceptors (Lipinski definition) is 5. The van der Waals surface area contributed by atoms with E-state index in [4.69, 9.17) is 0 Å². The Balaban J connectivity index is 1.56. The Hall–Kier alpha value is -2.52. The van der Waals surface area contributed by atoms with Gasteiger partial charge in [0, 0.05) is 25.0 Å². The minimum absolute atomic E-state index is 0.0819. The van der Waals surface area contributed by atoms with E-state index in [1.807, 2.05) is 19.1 Å². The topological polar surface area (TPSA) is 86.8 Å². The second kappa shape index (κ2) is 9.15. The Morgan fingerprint density at radius 3 is 2.50 bits per heavy atom. The Morgan fingerprint density at radius 2 is 1.81 bits per heavy atom. The summed E-state index contributed by atoms with van der Waals surface area (Å²) in [5, 5.41) is 1.91. The Labute approximate surface area is 193 Å². The van der Waals surface area contributed by atoms with E-state index < -0.39 is 21.2 Å². The number of amides is 2. The largest absolute Gasteiger partial charge is 0.341 e. The summed E-state index contributed by atoms with van der Waals surface area (Å²) in [5.41, 5.74) is 1.93. The molecule has 0 bridgehead atoms. The van der Waals surface area contributed by atoms with Gasteiger partial charge in [-0.2, -0.15) is 0 Å². The van der Waals surface area contributed by atoms with Crippen molar-refractivity contribution < 1.29 is 18.0 Å². The number of anilines is 2. The minimum atomic E-state index is -3.81. The summed E-state index contributed by atoms with van der Waals surface area (Å²) in [6.07, 6.45) is 4.11. The number of sulfonamides is 1. The number of carbonyl (C=O) groups excluding carboxylic acids is 2. The molecule has 32 heavy (non-hydrogen) atoms. The molecular weight excluding hydrogens is 446 g/mol. The molecule has 1 atom stereocenters. The van der Waals surface area contributed by atoms with Crippen LogP contribution in [0.25, 0.3) is 0 Å². The Kier molecular flexibility index (Phi) is 6.48. The highest BCUT2D eigenvalue weighted by atomic mass is 32.2. The van der Waals surface area contributed by atoms with Crippen molar-refractivity contribution >= 4 is 45.0 Å². The summed E-state index contributed by atoms with van der Waals surface area (Å²) in [4.78, 5) is 28.3. The molecule has 2 aromatic rings. The van der Waals surface area contributed by atoms with E-state index in [1.165, 1.54) is 35.2 Å². The van der Waals surface area contributed by atoms with Gasteiger partial charge in [-0.15, -0.1) is 11.8 Å². The van der Waals surface area contributed by atoms with Crippen molar-refractivity contribution in [1.82, 2.24) is 4.90 Å². The monoisotopic (exact) mass is 473 g/mol. The van der Waals surface area contributed by atoms with Gasteiger partial charge in [0.15, 0.2) is 5.25 Å². The molecule has 0 unspecified atom stereocenters. The molecule has 2 aliphatic rings. The van der Waals surface area contributed by atoms with Crippen molar-refractivity contribution in [2.75, 3.05) is 29.8 Å². The van der Waals surface area contributed by atoms with Crippen molar-refractivity contribution in [3.05, 3.63) is 48.0 Å². The van der Waals surface area contributed by atoms with Gasteiger partial charge in [0.2, 0.25) is 11.8 Å². The molecule has 0 radical (unpaired) electrons. The van der Waals surface area contributed by atoms with Crippen LogP contribution in [-0.4, -0.2) is 50.5 Å². The van der Waals surface area contributed by atoms with Gasteiger partial charge in [-0.05, 0) is 55.7 Å². The molecule has 2 aromatic carbocycles. The molecule has 4 rings (SSSR count). The lowest BCUT2D eigenvalue weighted by Gasteiger charge is -2.29. The number of fused-ring (bicyclic) bond motifs is 1. The van der Waals surface area contributed by atoms with Gasteiger partial charge < -0.3 is 10.2 Å². The summed E-state index contributed by atoms with van der Waals surface area (Å²) in [7, 11) is -2.31. The molecule has 170 valence electrons. The lowest BCUT2D eigenvalue weighted by atomic mass is 10.2. The Morgan fingerprint density at radius 1 is 1.09 bits per heavy atom. The number of aryl methyl sites for hydroxylation is 1. The zero-order valence-corrected chi connectivity index (χ0v) is 19.8. The van der Waals surface area contributed by atoms with Crippen LogP contribution in [0.4, 0.5) is 11.4 Å². The first-order valence-corrected chi connectivity index (χ1v) is 13.1. The van der Waals surface area contributed by atoms with Crippen LogP contribution in [0.1, 0.15) is 31.2 Å². The number of benzene rings is 2. The predicted molar refractivity (Wildman–Crippen MR) is 127 cm³/mol. The molecule has 1 N–H and O–H groups in total. The lowest BCUT2D eigenvalue weighted by molar-refractivity contribution is -0.133. The van der Waals surface area contributed by atoms with Crippen LogP contribution in [0.3, 0.4) is 0 Å². The fourth-order valence-electron chi connectivity index (χ4n) is 3.99. The number of rotatable bonds is 4. The second-order valence-corrected chi connectivity index (χ2v) is 11.3. The zero-order valence-electron chi connectivity index (χ0n) is 18.2. The maximum absolute atomic E-state index is 13.2. The lowest BCUT2D eigenvalue weighted by Crippen LogP contribution is -2.45. The quantitative estimate of drug-likeness (QED) is 0.685. The second-order valence-electron chi connectivity index (χ2n) is 8.20. The molecular formula is C23H27N3O4S2. The van der Waals surface area contributed by atoms with Crippen LogP contribution >= 0.6 is 11.8 Å². The van der Waals surface area contributed by atoms with E-state index in [2.05, 4.69) is 5.32 Å². The molecule has 0 saturated carbocycles. The highest BCUT2D eigenvalue weighted by molar-refractivity contribution is 8.01. The average molecular weight is 474 g/mol. The summed E-state index contributed by atoms with van der Waals surface area (Å²) >= 11 is 1.19. The fourth-order valence-corrected chi connectivity index (χ4v) is 6.26. The van der Waals surface area contributed by atoms with Crippen LogP contribution in [0.15, 0.2) is 52.3 Å². The molecule has 2 amide bonds. The van der Waals surface area contributed by atoms with E-state index in [-0.39, 0.29) is 10.8 Å². The maximum Gasteiger partial charge on any atom is 0.264 e. The maximum atomic E-state index is 13.2. The van der Waals surface area contributed by atoms with Gasteiger partial charge in [-0.25, -0.2) is 8.42 Å². The molecule has 2 heterocycles. The summed E-state index contributed by atoms with van der Waals surface area (Å²) in [5.74, 6) is -0.575. The van der Waals surface area contributed by atoms with Crippen molar-refractivity contribution in [1.29, 1.82) is 0 Å². The number of thioether (sulfide) groups is 1. The number of hydrogen-bond donors (Lipinski definition) is 1. The molecule has 7 nitrogen and oxygen atoms in total. The van der Waals surface area contributed by atoms with E-state index in [0.717, 1.165) is 31.2 Å². The van der Waals surface area contributed by atoms with Crippen LogP contribution in [0.2, 0.25) is 0 Å². The van der Waals surface area contributed by atoms with Crippen LogP contribution in [0.5, 0.6) is 0 Å². The van der Waals surface area contributed by atoms with Crippen LogP contribution < -0.4 is 9.62 Å². The van der Waals surface area contributed by atoms with Crippen molar-refractivity contribution in [2.45, 2.75) is 47.6 Å². The third kappa shape index (κ3) is 4.49. The van der Waals surface area contributed by atoms with Gasteiger partial charge in [-0.1, -0.05) is 25.0 Å². The van der Waals surface area contributed by atoms with E-state index in [0.29, 0.717) is 29.4 Å². The molecule has 0 spiro atoms. The normalized spacial score (nSPS) is 19.0. The molecule has 0 aromatic heterocycles. The first-order chi connectivity index (χ1) is 15.3. The van der Waals surface area contributed by atoms with Gasteiger partial charge in [0.25, 0.3) is 10.0 Å². The van der Waals surface area contributed by atoms with E-state index in [1.54, 1.807) is 23.1 Å². The van der Waals surface area contributed by atoms with E-state index in [9.17, 15) is 18.0 Å². The van der Waals surface area contributed by atoms with Crippen LogP contribution in [-0.2, 0) is 19.6 Å². The summed E-state index contributed by atoms with van der Waals surface area (Å²) in [6.45, 7) is 3.26. The predicted octanol–water partition coefficient (Wildman–Crippen LogP) is 3.64. The van der Waals surface area contributed by atoms with Crippen molar-refractivity contribution in [2.24, 2.45) is 0 Å². The molecule has 2 aliphatic heterocycles. The van der Waals surface area contributed by atoms with Gasteiger partial charge in [0.1, 0.15) is 0 Å². The molecule has 1 fully saturated rings. The molecule has 0 aliphatic carbocycles. The van der Waals surface area contributed by atoms with E-state index >= 15 is 0 Å². The smallest absolute Gasteiger partial charge is 0.264 e. The first kappa shape index (κ1) is 22.7. The first-order valence-electron chi connectivity index (χ1n) is 10.7. The molecule has 9 heteroatoms. The Bertz CT molecular complexity index is 1140. The highest BCUT2D eigenvalue weighted by Crippen LogP contribution is 2.38. The highest BCUT2D eigenvalue weighted by Gasteiger charge is 2.36. The average Bonchev–Trinajstić information content (AvgIpc) is 3.07. The SMILES string of the molecule is Cc1cccc(N(C)S(=O)(=O)c2ccc3c(c2)NC(=O)[C@@H](C(=O)N2CCCCCC2)S3)c1. The summed E-state index contributed by atoms with van der Waals surface area (Å²) < 4.78 is 27.6. The van der Waals surface area contributed by atoms with Crippen molar-refractivity contribution in [3.63, 3.8) is 0 Å². The van der Waals surface area contributed by atoms with Gasteiger partial charge in [0.05, 0.1) is 16.3 Å². The number of carbonyl (C=O) groups is 2. The third-order valence-corrected chi connectivity index (χ3v) is 8.90. The summed E-state index contributed by atoms with van der Waals surface area (Å²) in [6, 6.07) is 11.9. The fraction of sp³-hybridized carbons (Fsp3) is 0.391. The van der Waals surface area contributed by atoms with Gasteiger partial charge in [-0.3, -0.25) is 13.9 Å². The van der Waals surface area contributed by atoms with Crippen molar-refractivity contribution in [3.8, 4) is 0 Å². The zero-order chi connectivity index (χ0) is 22.9. The standard InChI is InChI=1S/C23H27N3O4S2/c1-16-8-7-9-17(14-16)25(2)32(29,30)18-10-11-20-19(15-18)24-22(27)21(31-20)23(28)26-12-5-3-4-6-13-26/h7-11,14-15,21H,3-6,12-13H2,1-2H3,(H,24,27)/t21-/m0/s1. The number of nitrogens with zero attached hydrogens (tertiary/aromatic N) is 2.